The fraction of sp³-hybridized carbons (Fsp3) is 0.438. The maximum atomic E-state index is 9.12. The molecule has 100 valence electrons. The van der Waals surface area contributed by atoms with E-state index in [1.54, 1.807) is 0 Å². The maximum Gasteiger partial charge on any atom is 0.101 e. The Kier molecular flexibility index (Phi) is 3.36. The Morgan fingerprint density at radius 1 is 1.32 bits per heavy atom. The second kappa shape index (κ2) is 4.58. The molecule has 1 aliphatic rings. The Balaban J connectivity index is 2.73. The van der Waals surface area contributed by atoms with E-state index in [1.807, 2.05) is 12.1 Å². The van der Waals surface area contributed by atoms with E-state index < -0.39 is 0 Å². The van der Waals surface area contributed by atoms with Gasteiger partial charge in [-0.2, -0.15) is 5.26 Å². The van der Waals surface area contributed by atoms with Crippen LogP contribution in [0.2, 0.25) is 5.02 Å². The monoisotopic (exact) mass is 274 g/mol. The summed E-state index contributed by atoms with van der Waals surface area (Å²) in [4.78, 5) is 2.35. The highest BCUT2D eigenvalue weighted by Crippen LogP contribution is 2.42. The van der Waals surface area contributed by atoms with Crippen LogP contribution in [-0.2, 0) is 0 Å². The number of benzene rings is 1. The minimum Gasteiger partial charge on any atom is -0.360 e. The number of nitriles is 1. The van der Waals surface area contributed by atoms with Crippen molar-refractivity contribution in [2.24, 2.45) is 0 Å². The van der Waals surface area contributed by atoms with Crippen LogP contribution >= 0.6 is 11.6 Å². The average Bonchev–Trinajstić information content (AvgIpc) is 2.26. The molecule has 1 aromatic carbocycles. The van der Waals surface area contributed by atoms with E-state index in [2.05, 4.69) is 51.7 Å². The molecule has 0 bridgehead atoms. The molecule has 2 rings (SSSR count). The molecule has 0 amide bonds. The Morgan fingerprint density at radius 2 is 1.95 bits per heavy atom. The van der Waals surface area contributed by atoms with Crippen LogP contribution in [0.25, 0.3) is 5.57 Å². The third-order valence-corrected chi connectivity index (χ3v) is 3.91. The third kappa shape index (κ3) is 2.24. The Morgan fingerprint density at radius 3 is 2.47 bits per heavy atom. The summed E-state index contributed by atoms with van der Waals surface area (Å²) < 4.78 is 0. The number of hydrogen-bond donors (Lipinski definition) is 0. The molecule has 0 saturated heterocycles. The first kappa shape index (κ1) is 14.0. The predicted octanol–water partition coefficient (Wildman–Crippen LogP) is 4.62. The van der Waals surface area contributed by atoms with Crippen molar-refractivity contribution < 1.29 is 0 Å². The third-order valence-electron chi connectivity index (χ3n) is 3.60. The smallest absolute Gasteiger partial charge is 0.101 e. The van der Waals surface area contributed by atoms with Gasteiger partial charge in [-0.15, -0.1) is 0 Å². The van der Waals surface area contributed by atoms with Gasteiger partial charge < -0.3 is 4.90 Å². The molecule has 2 nitrogen and oxygen atoms in total. The summed E-state index contributed by atoms with van der Waals surface area (Å²) in [6, 6.07) is 6.34. The number of halogens is 1. The lowest BCUT2D eigenvalue weighted by molar-refractivity contribution is 0.507. The summed E-state index contributed by atoms with van der Waals surface area (Å²) >= 11 is 6.20. The molecule has 0 radical (unpaired) electrons. The highest BCUT2D eigenvalue weighted by molar-refractivity contribution is 6.32. The highest BCUT2D eigenvalue weighted by atomic mass is 35.5. The summed E-state index contributed by atoms with van der Waals surface area (Å²) in [6.07, 6.45) is 2.25. The van der Waals surface area contributed by atoms with Gasteiger partial charge in [-0.3, -0.25) is 0 Å². The van der Waals surface area contributed by atoms with Crippen LogP contribution in [0.5, 0.6) is 0 Å². The topological polar surface area (TPSA) is 27.0 Å². The summed E-state index contributed by atoms with van der Waals surface area (Å²) in [5.41, 5.74) is 3.91. The number of hydrogen-bond acceptors (Lipinski definition) is 2. The molecular formula is C16H19ClN2. The fourth-order valence-electron chi connectivity index (χ4n) is 3.09. The second-order valence-corrected chi connectivity index (χ2v) is 6.31. The lowest BCUT2D eigenvalue weighted by Crippen LogP contribution is -2.49. The van der Waals surface area contributed by atoms with Crippen LogP contribution < -0.4 is 4.90 Å². The van der Waals surface area contributed by atoms with Crippen molar-refractivity contribution in [2.75, 3.05) is 4.90 Å². The van der Waals surface area contributed by atoms with E-state index in [4.69, 9.17) is 16.9 Å². The fourth-order valence-corrected chi connectivity index (χ4v) is 3.29. The lowest BCUT2D eigenvalue weighted by Gasteiger charge is -2.46. The number of fused-ring (bicyclic) bond motifs is 1. The first-order valence-electron chi connectivity index (χ1n) is 6.50. The van der Waals surface area contributed by atoms with Gasteiger partial charge in [0.15, 0.2) is 0 Å². The van der Waals surface area contributed by atoms with Crippen LogP contribution in [0.15, 0.2) is 18.2 Å². The maximum absolute atomic E-state index is 9.12. The zero-order chi connectivity index (χ0) is 14.4. The molecule has 0 aromatic heterocycles. The number of allylic oxidation sites excluding steroid dienone is 1. The Labute approximate surface area is 120 Å². The van der Waals surface area contributed by atoms with E-state index in [0.29, 0.717) is 16.6 Å². The van der Waals surface area contributed by atoms with Gasteiger partial charge in [-0.25, -0.2) is 0 Å². The van der Waals surface area contributed by atoms with Crippen LogP contribution in [0.3, 0.4) is 0 Å². The van der Waals surface area contributed by atoms with Crippen LogP contribution in [0, 0.1) is 11.3 Å². The van der Waals surface area contributed by atoms with Crippen LogP contribution in [-0.4, -0.2) is 11.6 Å². The van der Waals surface area contributed by atoms with E-state index in [0.717, 1.165) is 11.3 Å². The predicted molar refractivity (Wildman–Crippen MR) is 81.5 cm³/mol. The molecule has 0 unspecified atom stereocenters. The van der Waals surface area contributed by atoms with Gasteiger partial charge >= 0.3 is 0 Å². The van der Waals surface area contributed by atoms with E-state index >= 15 is 0 Å². The van der Waals surface area contributed by atoms with E-state index in [1.165, 1.54) is 5.57 Å². The van der Waals surface area contributed by atoms with Gasteiger partial charge in [0, 0.05) is 17.3 Å². The van der Waals surface area contributed by atoms with Crippen molar-refractivity contribution in [3.05, 3.63) is 34.4 Å². The summed E-state index contributed by atoms with van der Waals surface area (Å²) in [6.45, 7) is 10.8. The molecular weight excluding hydrogens is 256 g/mol. The zero-order valence-electron chi connectivity index (χ0n) is 12.1. The standard InChI is InChI=1S/C16H19ClN2/c1-10(2)19-15-7-14(17)12(9-18)6-13(15)11(3)8-16(19,4)5/h6-8,10H,1-5H3. The highest BCUT2D eigenvalue weighted by Gasteiger charge is 2.33. The molecule has 0 N–H and O–H groups in total. The zero-order valence-corrected chi connectivity index (χ0v) is 12.8. The van der Waals surface area contributed by atoms with Crippen molar-refractivity contribution in [3.63, 3.8) is 0 Å². The molecule has 0 aliphatic carbocycles. The Hall–Kier alpha value is -1.46. The summed E-state index contributed by atoms with van der Waals surface area (Å²) in [5, 5.41) is 9.64. The van der Waals surface area contributed by atoms with E-state index in [-0.39, 0.29) is 5.54 Å². The van der Waals surface area contributed by atoms with E-state index in [9.17, 15) is 0 Å². The molecule has 1 aromatic rings. The van der Waals surface area contributed by atoms with Gasteiger partial charge in [-0.05, 0) is 52.3 Å². The normalized spacial score (nSPS) is 16.9. The summed E-state index contributed by atoms with van der Waals surface area (Å²) in [7, 11) is 0. The van der Waals surface area contributed by atoms with Gasteiger partial charge in [0.25, 0.3) is 0 Å². The minimum absolute atomic E-state index is 0.0528. The van der Waals surface area contributed by atoms with Crippen molar-refractivity contribution in [1.29, 1.82) is 5.26 Å². The molecule has 1 heterocycles. The van der Waals surface area contributed by atoms with Crippen LogP contribution in [0.4, 0.5) is 5.69 Å². The number of anilines is 1. The molecule has 0 fully saturated rings. The van der Waals surface area contributed by atoms with Gasteiger partial charge in [-0.1, -0.05) is 17.7 Å². The van der Waals surface area contributed by atoms with Crippen molar-refractivity contribution >= 4 is 22.9 Å². The van der Waals surface area contributed by atoms with Crippen molar-refractivity contribution in [2.45, 2.75) is 46.2 Å². The number of nitrogens with zero attached hydrogens (tertiary/aromatic N) is 2. The first-order chi connectivity index (χ1) is 8.77. The average molecular weight is 275 g/mol. The first-order valence-corrected chi connectivity index (χ1v) is 6.88. The van der Waals surface area contributed by atoms with Crippen molar-refractivity contribution in [1.82, 2.24) is 0 Å². The molecule has 19 heavy (non-hydrogen) atoms. The SMILES string of the molecule is CC1=CC(C)(C)N(C(C)C)c2cc(Cl)c(C#N)cc21. The molecule has 3 heteroatoms. The summed E-state index contributed by atoms with van der Waals surface area (Å²) in [5.74, 6) is 0. The molecule has 0 saturated carbocycles. The minimum atomic E-state index is -0.0528. The van der Waals surface area contributed by atoms with Gasteiger partial charge in [0.2, 0.25) is 0 Å². The Bertz CT molecular complexity index is 592. The quantitative estimate of drug-likeness (QED) is 0.747. The molecule has 0 atom stereocenters. The lowest BCUT2D eigenvalue weighted by atomic mass is 9.87. The largest absolute Gasteiger partial charge is 0.360 e. The van der Waals surface area contributed by atoms with Gasteiger partial charge in [0.1, 0.15) is 6.07 Å². The van der Waals surface area contributed by atoms with Crippen LogP contribution in [0.1, 0.15) is 45.7 Å². The number of rotatable bonds is 1. The second-order valence-electron chi connectivity index (χ2n) is 5.91. The van der Waals surface area contributed by atoms with Crippen molar-refractivity contribution in [3.8, 4) is 6.07 Å². The van der Waals surface area contributed by atoms with Gasteiger partial charge in [0.05, 0.1) is 16.1 Å². The molecule has 0 spiro atoms. The molecule has 1 aliphatic heterocycles.